The van der Waals surface area contributed by atoms with Crippen molar-refractivity contribution in [2.75, 3.05) is 13.7 Å². The number of carbonyl (C=O) groups excluding carboxylic acids is 2. The van der Waals surface area contributed by atoms with E-state index < -0.39 is 24.0 Å². The summed E-state index contributed by atoms with van der Waals surface area (Å²) < 4.78 is 46.4. The number of fused-ring (bicyclic) bond motifs is 2. The highest BCUT2D eigenvalue weighted by molar-refractivity contribution is 6.05. The number of hydrogen-bond acceptors (Lipinski definition) is 8. The zero-order valence-electron chi connectivity index (χ0n) is 23.3. The largest absolute Gasteiger partial charge is 0.491 e. The number of methoxy groups -OCH3 is 1. The number of aromatic nitrogens is 4. The Bertz CT molecular complexity index is 1620. The molecule has 4 N–H and O–H groups in total. The number of rotatable bonds is 10. The van der Waals surface area contributed by atoms with E-state index >= 15 is 0 Å². The van der Waals surface area contributed by atoms with Crippen LogP contribution in [0, 0.1) is 0 Å². The number of ether oxygens (including phenoxy) is 3. The molecule has 1 fully saturated rings. The van der Waals surface area contributed by atoms with Crippen molar-refractivity contribution in [3.05, 3.63) is 47.7 Å². The fourth-order valence-electron chi connectivity index (χ4n) is 5.01. The van der Waals surface area contributed by atoms with Gasteiger partial charge in [-0.15, -0.1) is 5.10 Å². The minimum atomic E-state index is -2.98. The van der Waals surface area contributed by atoms with E-state index in [1.54, 1.807) is 38.1 Å². The lowest BCUT2D eigenvalue weighted by atomic mass is 9.92. The van der Waals surface area contributed by atoms with Crippen LogP contribution < -0.4 is 25.3 Å². The number of carbonyl (C=O) groups is 2. The van der Waals surface area contributed by atoms with Gasteiger partial charge in [-0.1, -0.05) is 6.07 Å². The molecule has 0 aliphatic heterocycles. The first-order valence-corrected chi connectivity index (χ1v) is 13.4. The number of hydrogen-bond donors (Lipinski definition) is 3. The molecule has 0 atom stereocenters. The molecule has 0 bridgehead atoms. The van der Waals surface area contributed by atoms with Crippen LogP contribution in [0.3, 0.4) is 0 Å². The first kappa shape index (κ1) is 29.0. The van der Waals surface area contributed by atoms with Crippen molar-refractivity contribution >= 4 is 28.2 Å². The predicted octanol–water partition coefficient (Wildman–Crippen LogP) is 3.46. The number of aliphatic hydroxyl groups is 1. The molecule has 1 saturated carbocycles. The molecule has 1 aromatic carbocycles. The molecular formula is C28H32F2N6O6. The van der Waals surface area contributed by atoms with Gasteiger partial charge in [0.25, 0.3) is 11.8 Å². The van der Waals surface area contributed by atoms with E-state index in [1.807, 2.05) is 0 Å². The second kappa shape index (κ2) is 11.4. The molecule has 3 heterocycles. The Morgan fingerprint density at radius 2 is 1.88 bits per heavy atom. The summed E-state index contributed by atoms with van der Waals surface area (Å²) in [6, 6.07) is 9.28. The lowest BCUT2D eigenvalue weighted by molar-refractivity contribution is 0.0284. The highest BCUT2D eigenvalue weighted by Crippen LogP contribution is 2.31. The molecule has 2 amide bonds. The number of amides is 2. The van der Waals surface area contributed by atoms with Crippen molar-refractivity contribution in [3.63, 3.8) is 0 Å². The second-order valence-electron chi connectivity index (χ2n) is 10.8. The maximum atomic E-state index is 13.8. The van der Waals surface area contributed by atoms with Crippen LogP contribution in [0.15, 0.2) is 36.4 Å². The molecule has 224 valence electrons. The fraction of sp³-hybridized carbons (Fsp3) is 0.429. The number of halogens is 2. The van der Waals surface area contributed by atoms with Crippen LogP contribution in [-0.2, 0) is 0 Å². The third kappa shape index (κ3) is 5.93. The standard InChI is InChI=1S/C28H32F2N6O6/c1-28(2,39)14-41-17-11-12-18-20(13-17)36(27(29)30)33-23(18)25(38)32-15-7-9-16(10-8-15)42-26-22(24(31)37)19-5-4-6-21(40-3)35(19)34-26/h4-6,11-13,15-16,27,39H,7-10,14H2,1-3H3,(H2,31,37)(H,32,38)/t15-,16-. The molecule has 3 aromatic heterocycles. The molecule has 1 aliphatic carbocycles. The third-order valence-electron chi connectivity index (χ3n) is 7.00. The highest BCUT2D eigenvalue weighted by Gasteiger charge is 2.29. The van der Waals surface area contributed by atoms with Crippen molar-refractivity contribution in [1.29, 1.82) is 0 Å². The molecule has 0 saturated heterocycles. The fourth-order valence-corrected chi connectivity index (χ4v) is 5.01. The van der Waals surface area contributed by atoms with E-state index in [0.717, 1.165) is 0 Å². The van der Waals surface area contributed by atoms with Gasteiger partial charge in [0.1, 0.15) is 24.0 Å². The van der Waals surface area contributed by atoms with Gasteiger partial charge >= 0.3 is 6.55 Å². The van der Waals surface area contributed by atoms with E-state index in [4.69, 9.17) is 19.9 Å². The Morgan fingerprint density at radius 1 is 1.14 bits per heavy atom. The Kier molecular flexibility index (Phi) is 7.91. The van der Waals surface area contributed by atoms with Crippen molar-refractivity contribution in [2.45, 2.75) is 63.8 Å². The summed E-state index contributed by atoms with van der Waals surface area (Å²) in [6.45, 7) is 0.102. The smallest absolute Gasteiger partial charge is 0.333 e. The van der Waals surface area contributed by atoms with Gasteiger partial charge < -0.3 is 30.4 Å². The monoisotopic (exact) mass is 586 g/mol. The van der Waals surface area contributed by atoms with Gasteiger partial charge in [-0.2, -0.15) is 18.4 Å². The molecule has 14 heteroatoms. The molecule has 0 radical (unpaired) electrons. The average Bonchev–Trinajstić information content (AvgIpc) is 3.51. The van der Waals surface area contributed by atoms with Crippen molar-refractivity contribution in [3.8, 4) is 17.5 Å². The number of nitrogens with two attached hydrogens (primary N) is 1. The normalized spacial score (nSPS) is 17.5. The Morgan fingerprint density at radius 3 is 2.52 bits per heavy atom. The van der Waals surface area contributed by atoms with Gasteiger partial charge in [-0.25, -0.2) is 4.68 Å². The summed E-state index contributed by atoms with van der Waals surface area (Å²) in [7, 11) is 1.49. The molecule has 0 spiro atoms. The van der Waals surface area contributed by atoms with E-state index in [2.05, 4.69) is 15.5 Å². The van der Waals surface area contributed by atoms with Crippen molar-refractivity contribution in [1.82, 2.24) is 24.7 Å². The van der Waals surface area contributed by atoms with Gasteiger partial charge in [0.05, 0.1) is 23.7 Å². The summed E-state index contributed by atoms with van der Waals surface area (Å²) in [6.07, 6.45) is 1.89. The SMILES string of the molecule is COc1cccc2c(C(N)=O)c(O[C@H]3CC[C@H](NC(=O)c4nn(C(F)F)c5cc(OCC(C)(C)O)ccc45)CC3)nn12. The summed E-state index contributed by atoms with van der Waals surface area (Å²) in [4.78, 5) is 25.4. The summed E-state index contributed by atoms with van der Waals surface area (Å²) in [5.41, 5.74) is 5.04. The Balaban J connectivity index is 1.26. The first-order chi connectivity index (χ1) is 19.9. The van der Waals surface area contributed by atoms with Crippen molar-refractivity contribution in [2.24, 2.45) is 5.73 Å². The number of nitrogens with zero attached hydrogens (tertiary/aromatic N) is 4. The highest BCUT2D eigenvalue weighted by atomic mass is 19.3. The van der Waals surface area contributed by atoms with E-state index in [9.17, 15) is 23.5 Å². The van der Waals surface area contributed by atoms with Gasteiger partial charge in [-0.05, 0) is 57.7 Å². The lowest BCUT2D eigenvalue weighted by Gasteiger charge is -2.28. The number of nitrogens with one attached hydrogen (secondary N) is 1. The average molecular weight is 587 g/mol. The van der Waals surface area contributed by atoms with Crippen LogP contribution in [0.25, 0.3) is 16.4 Å². The van der Waals surface area contributed by atoms with Crippen LogP contribution in [0.5, 0.6) is 17.5 Å². The van der Waals surface area contributed by atoms with Crippen LogP contribution in [-0.4, -0.2) is 67.8 Å². The van der Waals surface area contributed by atoms with Gasteiger partial charge in [-0.3, -0.25) is 9.59 Å². The Hall–Kier alpha value is -4.46. The lowest BCUT2D eigenvalue weighted by Crippen LogP contribution is -2.40. The number of pyridine rings is 1. The second-order valence-corrected chi connectivity index (χ2v) is 10.8. The molecule has 5 rings (SSSR count). The predicted molar refractivity (Wildman–Crippen MR) is 147 cm³/mol. The summed E-state index contributed by atoms with van der Waals surface area (Å²) in [5, 5.41) is 21.3. The topological polar surface area (TPSA) is 155 Å². The molecule has 0 unspecified atom stereocenters. The van der Waals surface area contributed by atoms with E-state index in [0.29, 0.717) is 41.8 Å². The van der Waals surface area contributed by atoms with Crippen LogP contribution >= 0.6 is 0 Å². The maximum absolute atomic E-state index is 13.8. The van der Waals surface area contributed by atoms with E-state index in [-0.39, 0.29) is 52.5 Å². The zero-order chi connectivity index (χ0) is 30.2. The van der Waals surface area contributed by atoms with Gasteiger partial charge in [0.15, 0.2) is 5.69 Å². The van der Waals surface area contributed by atoms with Gasteiger partial charge in [0, 0.05) is 23.6 Å². The summed E-state index contributed by atoms with van der Waals surface area (Å²) >= 11 is 0. The molecular weight excluding hydrogens is 554 g/mol. The molecule has 12 nitrogen and oxygen atoms in total. The third-order valence-corrected chi connectivity index (χ3v) is 7.00. The zero-order valence-corrected chi connectivity index (χ0v) is 23.3. The minimum absolute atomic E-state index is 0.0369. The summed E-state index contributed by atoms with van der Waals surface area (Å²) in [5.74, 6) is -0.469. The number of primary amides is 1. The van der Waals surface area contributed by atoms with E-state index in [1.165, 1.54) is 23.8 Å². The maximum Gasteiger partial charge on any atom is 0.333 e. The van der Waals surface area contributed by atoms with Crippen LogP contribution in [0.4, 0.5) is 8.78 Å². The van der Waals surface area contributed by atoms with Gasteiger partial charge in [0.2, 0.25) is 11.8 Å². The molecule has 1 aliphatic rings. The van der Waals surface area contributed by atoms with Crippen molar-refractivity contribution < 1.29 is 37.7 Å². The van der Waals surface area contributed by atoms with Crippen LogP contribution in [0.2, 0.25) is 0 Å². The number of alkyl halides is 2. The molecule has 4 aromatic rings. The minimum Gasteiger partial charge on any atom is -0.491 e. The Labute approximate surface area is 239 Å². The quantitative estimate of drug-likeness (QED) is 0.255. The molecule has 42 heavy (non-hydrogen) atoms. The van der Waals surface area contributed by atoms with Crippen LogP contribution in [0.1, 0.15) is 66.9 Å². The number of benzene rings is 1. The first-order valence-electron chi connectivity index (χ1n) is 13.4.